The van der Waals surface area contributed by atoms with Crippen LogP contribution in [0, 0.1) is 0 Å². The SMILES string of the molecule is Cn1nc(C(=O)OCc2nc3sc4c(c3c(=O)[nH]2)CCC4)c2ccccc2c1=O. The van der Waals surface area contributed by atoms with Crippen LogP contribution in [-0.4, -0.2) is 25.7 Å². The summed E-state index contributed by atoms with van der Waals surface area (Å²) in [5.41, 5.74) is 0.648. The Hall–Kier alpha value is -3.33. The van der Waals surface area contributed by atoms with Crippen LogP contribution in [0.25, 0.3) is 21.0 Å². The van der Waals surface area contributed by atoms with E-state index in [0.29, 0.717) is 21.0 Å². The van der Waals surface area contributed by atoms with Crippen molar-refractivity contribution in [1.29, 1.82) is 0 Å². The van der Waals surface area contributed by atoms with Crippen molar-refractivity contribution >= 4 is 38.3 Å². The molecule has 0 radical (unpaired) electrons. The van der Waals surface area contributed by atoms with Gasteiger partial charge in [0.25, 0.3) is 11.1 Å². The van der Waals surface area contributed by atoms with Crippen LogP contribution >= 0.6 is 11.3 Å². The molecule has 3 aromatic heterocycles. The number of hydrogen-bond acceptors (Lipinski definition) is 7. The van der Waals surface area contributed by atoms with Crippen molar-refractivity contribution in [3.8, 4) is 0 Å². The Morgan fingerprint density at radius 3 is 2.86 bits per heavy atom. The maximum atomic E-state index is 12.6. The van der Waals surface area contributed by atoms with Crippen LogP contribution < -0.4 is 11.1 Å². The van der Waals surface area contributed by atoms with Crippen LogP contribution in [0.5, 0.6) is 0 Å². The Morgan fingerprint density at radius 1 is 1.24 bits per heavy atom. The Labute approximate surface area is 167 Å². The second-order valence-electron chi connectivity index (χ2n) is 6.95. The van der Waals surface area contributed by atoms with E-state index in [1.54, 1.807) is 24.3 Å². The van der Waals surface area contributed by atoms with Gasteiger partial charge in [-0.05, 0) is 30.9 Å². The maximum Gasteiger partial charge on any atom is 0.359 e. The molecule has 0 fully saturated rings. The molecule has 0 atom stereocenters. The molecule has 0 spiro atoms. The monoisotopic (exact) mass is 408 g/mol. The molecular formula is C20H16N4O4S. The van der Waals surface area contributed by atoms with E-state index in [4.69, 9.17) is 4.74 Å². The molecule has 4 aromatic rings. The number of thiophene rings is 1. The van der Waals surface area contributed by atoms with Crippen molar-refractivity contribution in [2.45, 2.75) is 25.9 Å². The van der Waals surface area contributed by atoms with Crippen molar-refractivity contribution in [2.24, 2.45) is 7.05 Å². The summed E-state index contributed by atoms with van der Waals surface area (Å²) < 4.78 is 6.46. The normalized spacial score (nSPS) is 13.1. The average molecular weight is 408 g/mol. The van der Waals surface area contributed by atoms with Crippen LogP contribution in [0.3, 0.4) is 0 Å². The third kappa shape index (κ3) is 2.85. The van der Waals surface area contributed by atoms with Gasteiger partial charge in [0.15, 0.2) is 5.69 Å². The highest BCUT2D eigenvalue weighted by Crippen LogP contribution is 2.34. The molecule has 29 heavy (non-hydrogen) atoms. The fourth-order valence-electron chi connectivity index (χ4n) is 3.77. The molecule has 0 saturated carbocycles. The summed E-state index contributed by atoms with van der Waals surface area (Å²) in [4.78, 5) is 46.4. The molecule has 1 aliphatic rings. The zero-order valence-corrected chi connectivity index (χ0v) is 16.3. The predicted molar refractivity (Wildman–Crippen MR) is 108 cm³/mol. The highest BCUT2D eigenvalue weighted by Gasteiger charge is 2.22. The number of H-pyrrole nitrogens is 1. The molecule has 9 heteroatoms. The quantitative estimate of drug-likeness (QED) is 0.520. The first-order valence-corrected chi connectivity index (χ1v) is 10.0. The van der Waals surface area contributed by atoms with E-state index in [9.17, 15) is 14.4 Å². The molecule has 1 aromatic carbocycles. The van der Waals surface area contributed by atoms with Gasteiger partial charge in [-0.2, -0.15) is 5.10 Å². The molecule has 3 heterocycles. The summed E-state index contributed by atoms with van der Waals surface area (Å²) in [7, 11) is 1.48. The van der Waals surface area contributed by atoms with E-state index >= 15 is 0 Å². The van der Waals surface area contributed by atoms with E-state index in [-0.39, 0.29) is 29.2 Å². The Bertz CT molecular complexity index is 1420. The lowest BCUT2D eigenvalue weighted by molar-refractivity contribution is 0.0455. The standard InChI is InChI=1S/C20H16N4O4S/c1-24-19(26)11-6-3-2-5-10(11)16(23-24)20(27)28-9-14-21-17(25)15-12-7-4-8-13(12)29-18(15)22-14/h2-3,5-6H,4,7-9H2,1H3,(H,21,22,25). The number of aryl methyl sites for hydroxylation is 3. The van der Waals surface area contributed by atoms with E-state index in [1.165, 1.54) is 23.3 Å². The molecule has 8 nitrogen and oxygen atoms in total. The molecule has 0 saturated heterocycles. The summed E-state index contributed by atoms with van der Waals surface area (Å²) in [5.74, 6) is -0.405. The molecule has 1 N–H and O–H groups in total. The number of fused-ring (bicyclic) bond motifs is 4. The Kier molecular flexibility index (Phi) is 4.06. The number of carbonyl (C=O) groups excluding carboxylic acids is 1. The van der Waals surface area contributed by atoms with Gasteiger partial charge in [-0.1, -0.05) is 18.2 Å². The van der Waals surface area contributed by atoms with Crippen LogP contribution in [0.15, 0.2) is 33.9 Å². The number of aromatic amines is 1. The van der Waals surface area contributed by atoms with Crippen LogP contribution in [0.4, 0.5) is 0 Å². The lowest BCUT2D eigenvalue weighted by Gasteiger charge is -2.08. The van der Waals surface area contributed by atoms with Gasteiger partial charge in [0.05, 0.1) is 10.8 Å². The third-order valence-corrected chi connectivity index (χ3v) is 6.30. The predicted octanol–water partition coefficient (Wildman–Crippen LogP) is 2.08. The summed E-state index contributed by atoms with van der Waals surface area (Å²) >= 11 is 1.53. The number of rotatable bonds is 3. The van der Waals surface area contributed by atoms with Gasteiger partial charge >= 0.3 is 5.97 Å². The fraction of sp³-hybridized carbons (Fsp3) is 0.250. The molecular weight excluding hydrogens is 392 g/mol. The molecule has 0 aliphatic heterocycles. The number of esters is 1. The first kappa shape index (κ1) is 17.7. The fourth-order valence-corrected chi connectivity index (χ4v) is 5.05. The molecule has 0 unspecified atom stereocenters. The lowest BCUT2D eigenvalue weighted by Crippen LogP contribution is -2.24. The number of ether oxygens (including phenoxy) is 1. The van der Waals surface area contributed by atoms with Gasteiger partial charge in [0, 0.05) is 17.3 Å². The minimum atomic E-state index is -0.687. The molecule has 0 amide bonds. The van der Waals surface area contributed by atoms with E-state index in [1.807, 2.05) is 0 Å². The van der Waals surface area contributed by atoms with E-state index < -0.39 is 5.97 Å². The van der Waals surface area contributed by atoms with Crippen LogP contribution in [-0.2, 0) is 31.2 Å². The molecule has 0 bridgehead atoms. The highest BCUT2D eigenvalue weighted by molar-refractivity contribution is 7.18. The van der Waals surface area contributed by atoms with Crippen molar-refractivity contribution < 1.29 is 9.53 Å². The molecule has 146 valence electrons. The first-order valence-electron chi connectivity index (χ1n) is 9.19. The van der Waals surface area contributed by atoms with Gasteiger partial charge in [0.2, 0.25) is 0 Å². The van der Waals surface area contributed by atoms with Crippen molar-refractivity contribution in [2.75, 3.05) is 0 Å². The number of hydrogen-bond donors (Lipinski definition) is 1. The Morgan fingerprint density at radius 2 is 2.03 bits per heavy atom. The van der Waals surface area contributed by atoms with Gasteiger partial charge in [0.1, 0.15) is 17.3 Å². The average Bonchev–Trinajstić information content (AvgIpc) is 3.29. The highest BCUT2D eigenvalue weighted by atomic mass is 32.1. The van der Waals surface area contributed by atoms with E-state index in [2.05, 4.69) is 15.1 Å². The summed E-state index contributed by atoms with van der Waals surface area (Å²) in [6, 6.07) is 6.74. The van der Waals surface area contributed by atoms with Crippen molar-refractivity contribution in [1.82, 2.24) is 19.7 Å². The summed E-state index contributed by atoms with van der Waals surface area (Å²) in [5, 5.41) is 5.52. The van der Waals surface area contributed by atoms with Gasteiger partial charge in [-0.25, -0.2) is 14.5 Å². The van der Waals surface area contributed by atoms with Crippen molar-refractivity contribution in [3.63, 3.8) is 0 Å². The lowest BCUT2D eigenvalue weighted by atomic mass is 10.1. The molecule has 1 aliphatic carbocycles. The second-order valence-corrected chi connectivity index (χ2v) is 8.03. The smallest absolute Gasteiger partial charge is 0.359 e. The van der Waals surface area contributed by atoms with Gasteiger partial charge in [-0.15, -0.1) is 11.3 Å². The number of nitrogens with zero attached hydrogens (tertiary/aromatic N) is 3. The zero-order valence-electron chi connectivity index (χ0n) is 15.5. The topological polar surface area (TPSA) is 107 Å². The third-order valence-electron chi connectivity index (χ3n) is 5.11. The second kappa shape index (κ2) is 6.63. The Balaban J connectivity index is 1.46. The van der Waals surface area contributed by atoms with E-state index in [0.717, 1.165) is 29.5 Å². The summed E-state index contributed by atoms with van der Waals surface area (Å²) in [6.07, 6.45) is 2.95. The number of benzene rings is 1. The van der Waals surface area contributed by atoms with Crippen LogP contribution in [0.1, 0.15) is 33.2 Å². The number of carbonyl (C=O) groups is 1. The number of nitrogens with one attached hydrogen (secondary N) is 1. The minimum Gasteiger partial charge on any atom is -0.453 e. The zero-order chi connectivity index (χ0) is 20.1. The van der Waals surface area contributed by atoms with Gasteiger partial charge < -0.3 is 9.72 Å². The molecule has 5 rings (SSSR count). The van der Waals surface area contributed by atoms with Crippen molar-refractivity contribution in [3.05, 3.63) is 66.9 Å². The largest absolute Gasteiger partial charge is 0.453 e. The van der Waals surface area contributed by atoms with Crippen LogP contribution in [0.2, 0.25) is 0 Å². The number of aromatic nitrogens is 4. The minimum absolute atomic E-state index is 0.0428. The van der Waals surface area contributed by atoms with Gasteiger partial charge in [-0.3, -0.25) is 9.59 Å². The first-order chi connectivity index (χ1) is 14.0. The summed E-state index contributed by atoms with van der Waals surface area (Å²) in [6.45, 7) is -0.189. The maximum absolute atomic E-state index is 12.6.